The van der Waals surface area contributed by atoms with Crippen LogP contribution in [0.5, 0.6) is 0 Å². The van der Waals surface area contributed by atoms with Crippen LogP contribution < -0.4 is 11.1 Å². The van der Waals surface area contributed by atoms with Crippen molar-refractivity contribution in [3.05, 3.63) is 0 Å². The molecule has 3 saturated heterocycles. The lowest BCUT2D eigenvalue weighted by Crippen LogP contribution is -2.44. The van der Waals surface area contributed by atoms with Crippen LogP contribution in [0.3, 0.4) is 0 Å². The van der Waals surface area contributed by atoms with Crippen molar-refractivity contribution in [1.82, 2.24) is 20.0 Å². The maximum Gasteiger partial charge on any atom is 0.221 e. The van der Waals surface area contributed by atoms with Crippen molar-refractivity contribution in [3.8, 4) is 0 Å². The molecule has 29 heavy (non-hydrogen) atoms. The molecule has 3 N–H and O–H groups in total. The predicted octanol–water partition coefficient (Wildman–Crippen LogP) is 1.77. The molecule has 0 spiro atoms. The molecule has 2 amide bonds. The number of likely N-dealkylation sites (tertiary alicyclic amines) is 2. The lowest BCUT2D eigenvalue weighted by molar-refractivity contribution is -0.123. The van der Waals surface area contributed by atoms with Gasteiger partial charge in [-0.05, 0) is 66.0 Å². The molecule has 3 heterocycles. The molecule has 0 aromatic rings. The van der Waals surface area contributed by atoms with Gasteiger partial charge in [0.05, 0.1) is 0 Å². The largest absolute Gasteiger partial charge is 0.369 e. The molecule has 7 heteroatoms. The standard InChI is InChI=1S/C11H21N3O.C7H14N2O.2C2H6/c1-13-6-2-10(3-7-13)14-8-4-11(15)12-5-9-14;1-9-4-2-6(3-5-9)7(8)10;2*1-2/h10H,2-9H2,1H3,(H,12,15);6H,2-5H2,1H3,(H2,8,10);2*1-2H3. The van der Waals surface area contributed by atoms with Gasteiger partial charge in [-0.1, -0.05) is 27.7 Å². The zero-order valence-corrected chi connectivity index (χ0v) is 19.9. The highest BCUT2D eigenvalue weighted by Crippen LogP contribution is 2.16. The fraction of sp³-hybridized carbons (Fsp3) is 0.909. The van der Waals surface area contributed by atoms with E-state index in [2.05, 4.69) is 34.1 Å². The highest BCUT2D eigenvalue weighted by molar-refractivity contribution is 5.76. The van der Waals surface area contributed by atoms with E-state index in [1.807, 2.05) is 27.7 Å². The van der Waals surface area contributed by atoms with Crippen molar-refractivity contribution in [2.75, 3.05) is 59.9 Å². The molecular weight excluding hydrogens is 366 g/mol. The van der Waals surface area contributed by atoms with Gasteiger partial charge in [0, 0.05) is 38.0 Å². The van der Waals surface area contributed by atoms with Gasteiger partial charge >= 0.3 is 0 Å². The summed E-state index contributed by atoms with van der Waals surface area (Å²) in [5, 5.41) is 2.93. The Morgan fingerprint density at radius 1 is 0.862 bits per heavy atom. The third-order valence-corrected chi connectivity index (χ3v) is 5.67. The van der Waals surface area contributed by atoms with Gasteiger partial charge in [-0.25, -0.2) is 0 Å². The predicted molar refractivity (Wildman–Crippen MR) is 122 cm³/mol. The number of nitrogens with two attached hydrogens (primary N) is 1. The first kappa shape index (κ1) is 27.8. The van der Waals surface area contributed by atoms with E-state index in [1.165, 1.54) is 25.9 Å². The summed E-state index contributed by atoms with van der Waals surface area (Å²) >= 11 is 0. The van der Waals surface area contributed by atoms with Gasteiger partial charge in [0.25, 0.3) is 0 Å². The van der Waals surface area contributed by atoms with Crippen LogP contribution in [0.4, 0.5) is 0 Å². The minimum absolute atomic E-state index is 0.131. The molecule has 3 aliphatic rings. The minimum atomic E-state index is -0.131. The SMILES string of the molecule is CC.CC.CN1CCC(C(N)=O)CC1.CN1CCC(N2CCNC(=O)CC2)CC1. The number of amides is 2. The van der Waals surface area contributed by atoms with E-state index < -0.39 is 0 Å². The number of rotatable bonds is 2. The summed E-state index contributed by atoms with van der Waals surface area (Å²) in [6.45, 7) is 15.2. The van der Waals surface area contributed by atoms with Crippen molar-refractivity contribution >= 4 is 11.8 Å². The molecular formula is C22H47N5O2. The normalized spacial score (nSPS) is 22.5. The second-order valence-corrected chi connectivity index (χ2v) is 7.65. The molecule has 0 atom stereocenters. The molecule has 0 bridgehead atoms. The number of piperidine rings is 2. The zero-order valence-electron chi connectivity index (χ0n) is 19.9. The lowest BCUT2D eigenvalue weighted by Gasteiger charge is -2.36. The van der Waals surface area contributed by atoms with Gasteiger partial charge in [0.15, 0.2) is 0 Å². The Balaban J connectivity index is 0.000000488. The average molecular weight is 414 g/mol. The number of carbonyl (C=O) groups excluding carboxylic acids is 2. The fourth-order valence-electron chi connectivity index (χ4n) is 3.80. The van der Waals surface area contributed by atoms with Crippen molar-refractivity contribution in [2.24, 2.45) is 11.7 Å². The van der Waals surface area contributed by atoms with Crippen LogP contribution in [0.15, 0.2) is 0 Å². The van der Waals surface area contributed by atoms with Gasteiger partial charge in [0.1, 0.15) is 0 Å². The van der Waals surface area contributed by atoms with Crippen LogP contribution in [0, 0.1) is 5.92 Å². The molecule has 0 saturated carbocycles. The number of nitrogens with one attached hydrogen (secondary N) is 1. The number of hydrogen-bond acceptors (Lipinski definition) is 5. The highest BCUT2D eigenvalue weighted by atomic mass is 16.2. The Bertz CT molecular complexity index is 431. The summed E-state index contributed by atoms with van der Waals surface area (Å²) in [5.74, 6) is 0.217. The van der Waals surface area contributed by atoms with Crippen molar-refractivity contribution < 1.29 is 9.59 Å². The topological polar surface area (TPSA) is 81.9 Å². The van der Waals surface area contributed by atoms with Gasteiger partial charge in [-0.2, -0.15) is 0 Å². The summed E-state index contributed by atoms with van der Waals surface area (Å²) in [5.41, 5.74) is 5.16. The summed E-state index contributed by atoms with van der Waals surface area (Å²) in [6, 6.07) is 0.703. The van der Waals surface area contributed by atoms with E-state index in [0.717, 1.165) is 45.6 Å². The second kappa shape index (κ2) is 16.6. The van der Waals surface area contributed by atoms with Crippen LogP contribution >= 0.6 is 0 Å². The first-order valence-electron chi connectivity index (χ1n) is 11.6. The van der Waals surface area contributed by atoms with E-state index in [1.54, 1.807) is 0 Å². The molecule has 172 valence electrons. The Hall–Kier alpha value is -1.18. The third kappa shape index (κ3) is 11.6. The minimum Gasteiger partial charge on any atom is -0.369 e. The summed E-state index contributed by atoms with van der Waals surface area (Å²) < 4.78 is 0. The van der Waals surface area contributed by atoms with Crippen LogP contribution in [-0.2, 0) is 9.59 Å². The number of hydrogen-bond donors (Lipinski definition) is 2. The molecule has 3 aliphatic heterocycles. The van der Waals surface area contributed by atoms with Gasteiger partial charge in [-0.3, -0.25) is 14.5 Å². The van der Waals surface area contributed by atoms with Crippen LogP contribution in [0.25, 0.3) is 0 Å². The maximum atomic E-state index is 11.2. The quantitative estimate of drug-likeness (QED) is 0.721. The first-order chi connectivity index (χ1) is 14.0. The molecule has 0 aromatic carbocycles. The summed E-state index contributed by atoms with van der Waals surface area (Å²) in [6.07, 6.45) is 5.05. The number of primary amides is 1. The Labute approximate surface area is 179 Å². The second-order valence-electron chi connectivity index (χ2n) is 7.65. The van der Waals surface area contributed by atoms with Gasteiger partial charge in [0.2, 0.25) is 11.8 Å². The van der Waals surface area contributed by atoms with E-state index in [0.29, 0.717) is 12.5 Å². The van der Waals surface area contributed by atoms with Crippen LogP contribution in [0.2, 0.25) is 0 Å². The molecule has 0 unspecified atom stereocenters. The molecule has 0 aromatic heterocycles. The van der Waals surface area contributed by atoms with Crippen molar-refractivity contribution in [1.29, 1.82) is 0 Å². The third-order valence-electron chi connectivity index (χ3n) is 5.67. The average Bonchev–Trinajstić information content (AvgIpc) is 2.97. The monoisotopic (exact) mass is 413 g/mol. The molecule has 3 rings (SSSR count). The van der Waals surface area contributed by atoms with Gasteiger partial charge < -0.3 is 20.9 Å². The first-order valence-corrected chi connectivity index (χ1v) is 11.6. The van der Waals surface area contributed by atoms with E-state index in [-0.39, 0.29) is 17.7 Å². The Morgan fingerprint density at radius 3 is 1.83 bits per heavy atom. The molecule has 3 fully saturated rings. The number of nitrogens with zero attached hydrogens (tertiary/aromatic N) is 3. The molecule has 0 aliphatic carbocycles. The fourth-order valence-corrected chi connectivity index (χ4v) is 3.80. The van der Waals surface area contributed by atoms with Gasteiger partial charge in [-0.15, -0.1) is 0 Å². The van der Waals surface area contributed by atoms with Crippen molar-refractivity contribution in [3.63, 3.8) is 0 Å². The van der Waals surface area contributed by atoms with E-state index in [9.17, 15) is 9.59 Å². The number of carbonyl (C=O) groups is 2. The van der Waals surface area contributed by atoms with E-state index >= 15 is 0 Å². The van der Waals surface area contributed by atoms with Crippen molar-refractivity contribution in [2.45, 2.75) is 65.8 Å². The van der Waals surface area contributed by atoms with Crippen LogP contribution in [-0.4, -0.2) is 92.5 Å². The summed E-state index contributed by atoms with van der Waals surface area (Å²) in [4.78, 5) is 29.0. The Morgan fingerprint density at radius 2 is 1.34 bits per heavy atom. The van der Waals surface area contributed by atoms with E-state index in [4.69, 9.17) is 5.73 Å². The zero-order chi connectivity index (χ0) is 22.2. The summed E-state index contributed by atoms with van der Waals surface area (Å²) in [7, 11) is 4.25. The molecule has 7 nitrogen and oxygen atoms in total. The maximum absolute atomic E-state index is 11.2. The van der Waals surface area contributed by atoms with Crippen LogP contribution in [0.1, 0.15) is 59.8 Å². The lowest BCUT2D eigenvalue weighted by atomic mass is 9.97. The Kier molecular flexibility index (Phi) is 15.9. The molecule has 0 radical (unpaired) electrons. The smallest absolute Gasteiger partial charge is 0.221 e. The highest BCUT2D eigenvalue weighted by Gasteiger charge is 2.24.